The first kappa shape index (κ1) is 16.5. The molecule has 0 aliphatic heterocycles. The monoisotopic (exact) mass is 309 g/mol. The Kier molecular flexibility index (Phi) is 5.82. The number of hydrogen-bond acceptors (Lipinski definition) is 3. The highest BCUT2D eigenvalue weighted by Crippen LogP contribution is 2.28. The van der Waals surface area contributed by atoms with Gasteiger partial charge in [-0.25, -0.2) is 8.42 Å². The minimum absolute atomic E-state index is 0.0841. The molecule has 0 heterocycles. The quantitative estimate of drug-likeness (QED) is 0.877. The summed E-state index contributed by atoms with van der Waals surface area (Å²) in [4.78, 5) is 0.459. The van der Waals surface area contributed by atoms with E-state index in [0.29, 0.717) is 10.8 Å². The molecule has 0 saturated heterocycles. The van der Waals surface area contributed by atoms with Crippen LogP contribution in [0.2, 0.25) is 0 Å². The van der Waals surface area contributed by atoms with E-state index in [1.807, 2.05) is 19.1 Å². The van der Waals surface area contributed by atoms with E-state index in [0.717, 1.165) is 24.9 Å². The van der Waals surface area contributed by atoms with E-state index >= 15 is 0 Å². The van der Waals surface area contributed by atoms with Gasteiger partial charge < -0.3 is 5.32 Å². The lowest BCUT2D eigenvalue weighted by molar-refractivity contribution is 0.285. The Bertz CT molecular complexity index is 548. The molecule has 3 nitrogen and oxygen atoms in total. The Balaban J connectivity index is 2.14. The van der Waals surface area contributed by atoms with Gasteiger partial charge in [-0.05, 0) is 49.9 Å². The van der Waals surface area contributed by atoms with E-state index in [9.17, 15) is 8.42 Å². The fourth-order valence-corrected chi connectivity index (χ4v) is 5.01. The summed E-state index contributed by atoms with van der Waals surface area (Å²) in [7, 11) is -3.22. The average Bonchev–Trinajstić information content (AvgIpc) is 2.47. The second-order valence-electron chi connectivity index (χ2n) is 6.16. The fraction of sp³-hybridized carbons (Fsp3) is 0.647. The van der Waals surface area contributed by atoms with Crippen molar-refractivity contribution < 1.29 is 8.42 Å². The molecule has 1 N–H and O–H groups in total. The van der Waals surface area contributed by atoms with Gasteiger partial charge >= 0.3 is 0 Å². The smallest absolute Gasteiger partial charge is 0.179 e. The van der Waals surface area contributed by atoms with E-state index in [1.54, 1.807) is 12.1 Å². The molecule has 1 fully saturated rings. The highest BCUT2D eigenvalue weighted by atomic mass is 32.2. The van der Waals surface area contributed by atoms with Crippen molar-refractivity contribution in [1.82, 2.24) is 5.32 Å². The lowest BCUT2D eigenvalue weighted by Crippen LogP contribution is -2.42. The van der Waals surface area contributed by atoms with Crippen LogP contribution < -0.4 is 5.32 Å². The molecule has 1 atom stereocenters. The lowest BCUT2D eigenvalue weighted by Gasteiger charge is -2.30. The molecule has 0 radical (unpaired) electrons. The maximum Gasteiger partial charge on any atom is 0.179 e. The first-order valence-corrected chi connectivity index (χ1v) is 9.71. The molecule has 0 aromatic heterocycles. The van der Waals surface area contributed by atoms with Crippen LogP contribution in [0.15, 0.2) is 29.2 Å². The highest BCUT2D eigenvalue weighted by Gasteiger charge is 2.28. The van der Waals surface area contributed by atoms with E-state index in [4.69, 9.17) is 0 Å². The second kappa shape index (κ2) is 7.41. The molecule has 4 heteroatoms. The first-order chi connectivity index (χ1) is 10.0. The van der Waals surface area contributed by atoms with Gasteiger partial charge in [-0.2, -0.15) is 0 Å². The summed E-state index contributed by atoms with van der Waals surface area (Å²) in [6, 6.07) is 7.33. The molecule has 2 rings (SSSR count). The molecule has 1 aliphatic carbocycles. The summed E-state index contributed by atoms with van der Waals surface area (Å²) in [6.07, 6.45) is 6.07. The topological polar surface area (TPSA) is 46.2 Å². The standard InChI is InChI=1S/C17H27NO2S/c1-3-18-17(15-9-5-4-6-10-15)13-21(19,20)16-11-7-8-14(2)12-16/h7-8,11-12,15,17-18H,3-6,9-10,13H2,1-2H3. The van der Waals surface area contributed by atoms with Crippen LogP contribution in [0.4, 0.5) is 0 Å². The number of sulfone groups is 1. The Morgan fingerprint density at radius 3 is 2.57 bits per heavy atom. The van der Waals surface area contributed by atoms with E-state index < -0.39 is 9.84 Å². The third-order valence-electron chi connectivity index (χ3n) is 4.43. The van der Waals surface area contributed by atoms with Crippen LogP contribution in [0.1, 0.15) is 44.6 Å². The summed E-state index contributed by atoms with van der Waals surface area (Å²) in [5, 5.41) is 3.41. The van der Waals surface area contributed by atoms with Crippen LogP contribution in [0.5, 0.6) is 0 Å². The van der Waals surface area contributed by atoms with Gasteiger partial charge in [0.25, 0.3) is 0 Å². The van der Waals surface area contributed by atoms with Gasteiger partial charge in [0.05, 0.1) is 10.6 Å². The van der Waals surface area contributed by atoms with Gasteiger partial charge in [0.15, 0.2) is 9.84 Å². The third kappa shape index (κ3) is 4.55. The average molecular weight is 309 g/mol. The summed E-state index contributed by atoms with van der Waals surface area (Å²) in [5.41, 5.74) is 0.994. The zero-order valence-corrected chi connectivity index (χ0v) is 14.0. The molecule has 1 unspecified atom stereocenters. The predicted octanol–water partition coefficient (Wildman–Crippen LogP) is 3.33. The Labute approximate surface area is 129 Å². The highest BCUT2D eigenvalue weighted by molar-refractivity contribution is 7.91. The maximum atomic E-state index is 12.7. The van der Waals surface area contributed by atoms with Gasteiger partial charge in [-0.1, -0.05) is 38.3 Å². The van der Waals surface area contributed by atoms with Crippen molar-refractivity contribution in [3.63, 3.8) is 0 Å². The normalized spacial score (nSPS) is 18.6. The predicted molar refractivity (Wildman–Crippen MR) is 87.3 cm³/mol. The van der Waals surface area contributed by atoms with E-state index in [1.165, 1.54) is 19.3 Å². The summed E-state index contributed by atoms with van der Waals surface area (Å²) >= 11 is 0. The molecule has 1 aromatic rings. The molecule has 0 spiro atoms. The number of benzene rings is 1. The van der Waals surface area contributed by atoms with Gasteiger partial charge in [0.1, 0.15) is 0 Å². The van der Waals surface area contributed by atoms with E-state index in [2.05, 4.69) is 12.2 Å². The minimum atomic E-state index is -3.22. The molecule has 118 valence electrons. The number of rotatable bonds is 6. The molecule has 1 aromatic carbocycles. The molecule has 0 bridgehead atoms. The van der Waals surface area contributed by atoms with Gasteiger partial charge in [-0.3, -0.25) is 0 Å². The Morgan fingerprint density at radius 1 is 1.24 bits per heavy atom. The van der Waals surface area contributed by atoms with Crippen LogP contribution >= 0.6 is 0 Å². The van der Waals surface area contributed by atoms with Crippen LogP contribution in [-0.4, -0.2) is 26.8 Å². The van der Waals surface area contributed by atoms with Crippen molar-refractivity contribution in [3.8, 4) is 0 Å². The zero-order valence-electron chi connectivity index (χ0n) is 13.1. The zero-order chi connectivity index (χ0) is 15.3. The van der Waals surface area contributed by atoms with Gasteiger partial charge in [-0.15, -0.1) is 0 Å². The van der Waals surface area contributed by atoms with Gasteiger partial charge in [0, 0.05) is 6.04 Å². The molecule has 21 heavy (non-hydrogen) atoms. The van der Waals surface area contributed by atoms with Crippen LogP contribution in [0, 0.1) is 12.8 Å². The summed E-state index contributed by atoms with van der Waals surface area (Å²) in [5.74, 6) is 0.716. The number of hydrogen-bond donors (Lipinski definition) is 1. The van der Waals surface area contributed by atoms with Crippen LogP contribution in [0.3, 0.4) is 0 Å². The maximum absolute atomic E-state index is 12.7. The van der Waals surface area contributed by atoms with E-state index in [-0.39, 0.29) is 11.8 Å². The number of aryl methyl sites for hydroxylation is 1. The van der Waals surface area contributed by atoms with Crippen molar-refractivity contribution in [1.29, 1.82) is 0 Å². The van der Waals surface area contributed by atoms with Gasteiger partial charge in [0.2, 0.25) is 0 Å². The Hall–Kier alpha value is -0.870. The molecule has 1 aliphatic rings. The fourth-order valence-electron chi connectivity index (χ4n) is 3.30. The number of nitrogens with one attached hydrogen (secondary N) is 1. The van der Waals surface area contributed by atoms with Crippen LogP contribution in [-0.2, 0) is 9.84 Å². The molecular weight excluding hydrogens is 282 g/mol. The molecule has 1 saturated carbocycles. The molecular formula is C17H27NO2S. The van der Waals surface area contributed by atoms with Crippen molar-refractivity contribution in [2.45, 2.75) is 56.9 Å². The largest absolute Gasteiger partial charge is 0.313 e. The second-order valence-corrected chi connectivity index (χ2v) is 8.19. The minimum Gasteiger partial charge on any atom is -0.313 e. The van der Waals surface area contributed by atoms with Crippen LogP contribution in [0.25, 0.3) is 0 Å². The third-order valence-corrected chi connectivity index (χ3v) is 6.20. The lowest BCUT2D eigenvalue weighted by atomic mass is 9.84. The van der Waals surface area contributed by atoms with Crippen molar-refractivity contribution in [2.24, 2.45) is 5.92 Å². The Morgan fingerprint density at radius 2 is 1.95 bits per heavy atom. The van der Waals surface area contributed by atoms with Crippen molar-refractivity contribution in [3.05, 3.63) is 29.8 Å². The SMILES string of the molecule is CCNC(CS(=O)(=O)c1cccc(C)c1)C1CCCCC1. The first-order valence-electron chi connectivity index (χ1n) is 8.05. The summed E-state index contributed by atoms with van der Waals surface area (Å²) in [6.45, 7) is 4.81. The summed E-state index contributed by atoms with van der Waals surface area (Å²) < 4.78 is 25.3. The molecule has 0 amide bonds. The van der Waals surface area contributed by atoms with Crippen molar-refractivity contribution >= 4 is 9.84 Å². The van der Waals surface area contributed by atoms with Crippen molar-refractivity contribution in [2.75, 3.05) is 12.3 Å².